The van der Waals surface area contributed by atoms with Crippen molar-refractivity contribution >= 4 is 11.6 Å². The van der Waals surface area contributed by atoms with E-state index in [-0.39, 0.29) is 29.1 Å². The maximum Gasteiger partial charge on any atom is 0.398 e. The lowest BCUT2D eigenvalue weighted by Gasteiger charge is -2.36. The Bertz CT molecular complexity index is 758. The van der Waals surface area contributed by atoms with Gasteiger partial charge in [0.15, 0.2) is 11.6 Å². The van der Waals surface area contributed by atoms with Crippen molar-refractivity contribution in [3.8, 4) is 0 Å². The molecule has 2 nitrogen and oxygen atoms in total. The number of rotatable bonds is 7. The van der Waals surface area contributed by atoms with Gasteiger partial charge in [-0.1, -0.05) is 61.9 Å². The summed E-state index contributed by atoms with van der Waals surface area (Å²) < 4.78 is 40.1. The summed E-state index contributed by atoms with van der Waals surface area (Å²) in [5.41, 5.74) is 1.19. The second-order valence-electron chi connectivity index (χ2n) is 8.14. The van der Waals surface area contributed by atoms with Crippen molar-refractivity contribution in [1.82, 2.24) is 0 Å². The van der Waals surface area contributed by atoms with Gasteiger partial charge in [-0.2, -0.15) is 13.2 Å². The molecule has 0 amide bonds. The number of Topliss-reactive ketones (excluding diaryl/α,β-unsaturated/α-hetero) is 1. The van der Waals surface area contributed by atoms with Crippen molar-refractivity contribution in [2.75, 3.05) is 0 Å². The number of allylic oxidation sites excluding steroid dienone is 4. The molecule has 0 aromatic heterocycles. The van der Waals surface area contributed by atoms with E-state index in [0.29, 0.717) is 0 Å². The van der Waals surface area contributed by atoms with E-state index >= 15 is 0 Å². The van der Waals surface area contributed by atoms with E-state index in [1.165, 1.54) is 35.9 Å². The van der Waals surface area contributed by atoms with Gasteiger partial charge in [0.25, 0.3) is 0 Å². The molecule has 1 aromatic carbocycles. The number of hydrogen-bond acceptors (Lipinski definition) is 2. The van der Waals surface area contributed by atoms with Crippen LogP contribution in [0, 0.1) is 17.3 Å². The predicted octanol–water partition coefficient (Wildman–Crippen LogP) is 6.34. The van der Waals surface area contributed by atoms with Crippen LogP contribution >= 0.6 is 0 Å². The monoisotopic (exact) mass is 392 g/mol. The fourth-order valence-corrected chi connectivity index (χ4v) is 3.80. The van der Waals surface area contributed by atoms with Crippen molar-refractivity contribution in [3.63, 3.8) is 0 Å². The molecule has 0 radical (unpaired) electrons. The molecule has 5 heteroatoms. The first-order chi connectivity index (χ1) is 13.0. The fourth-order valence-electron chi connectivity index (χ4n) is 3.80. The summed E-state index contributed by atoms with van der Waals surface area (Å²) in [4.78, 5) is 24.5. The third-order valence-electron chi connectivity index (χ3n) is 5.51. The SMILES string of the molecule is CC1=CCCC(C)(C)C1/C=C/C(=O)CCC(C(=O)c1ccccc1)C(F)(F)F. The van der Waals surface area contributed by atoms with Crippen LogP contribution in [0.2, 0.25) is 0 Å². The van der Waals surface area contributed by atoms with Crippen LogP contribution in [0.5, 0.6) is 0 Å². The molecule has 2 unspecified atom stereocenters. The summed E-state index contributed by atoms with van der Waals surface area (Å²) in [6, 6.07) is 7.41. The molecule has 0 saturated carbocycles. The van der Waals surface area contributed by atoms with Crippen LogP contribution in [0.1, 0.15) is 56.8 Å². The quantitative estimate of drug-likeness (QED) is 0.308. The van der Waals surface area contributed by atoms with Gasteiger partial charge < -0.3 is 0 Å². The molecule has 0 heterocycles. The number of hydrogen-bond donors (Lipinski definition) is 0. The summed E-state index contributed by atoms with van der Waals surface area (Å²) in [7, 11) is 0. The molecule has 0 spiro atoms. The highest BCUT2D eigenvalue weighted by atomic mass is 19.4. The number of carbonyl (C=O) groups is 2. The van der Waals surface area contributed by atoms with E-state index in [4.69, 9.17) is 0 Å². The highest BCUT2D eigenvalue weighted by molar-refractivity contribution is 5.98. The molecular weight excluding hydrogens is 365 g/mol. The molecule has 0 fully saturated rings. The highest BCUT2D eigenvalue weighted by Gasteiger charge is 2.44. The number of ketones is 2. The van der Waals surface area contributed by atoms with Gasteiger partial charge in [-0.15, -0.1) is 0 Å². The third kappa shape index (κ3) is 5.66. The Labute approximate surface area is 164 Å². The van der Waals surface area contributed by atoms with Crippen LogP contribution in [0.25, 0.3) is 0 Å². The van der Waals surface area contributed by atoms with Crippen molar-refractivity contribution in [3.05, 3.63) is 59.7 Å². The summed E-state index contributed by atoms with van der Waals surface area (Å²) in [5.74, 6) is -3.45. The van der Waals surface area contributed by atoms with Crippen molar-refractivity contribution in [1.29, 1.82) is 0 Å². The zero-order valence-corrected chi connectivity index (χ0v) is 16.6. The second kappa shape index (κ2) is 8.89. The molecule has 1 aliphatic rings. The average molecular weight is 392 g/mol. The van der Waals surface area contributed by atoms with E-state index in [1.54, 1.807) is 12.1 Å². The lowest BCUT2D eigenvalue weighted by Crippen LogP contribution is -2.31. The van der Waals surface area contributed by atoms with Gasteiger partial charge in [-0.3, -0.25) is 9.59 Å². The topological polar surface area (TPSA) is 34.1 Å². The molecule has 1 aliphatic carbocycles. The van der Waals surface area contributed by atoms with E-state index in [2.05, 4.69) is 19.9 Å². The molecule has 0 aliphatic heterocycles. The van der Waals surface area contributed by atoms with E-state index in [9.17, 15) is 22.8 Å². The summed E-state index contributed by atoms with van der Waals surface area (Å²) in [6.45, 7) is 6.26. The smallest absolute Gasteiger partial charge is 0.295 e. The van der Waals surface area contributed by atoms with Crippen LogP contribution in [0.15, 0.2) is 54.1 Å². The summed E-state index contributed by atoms with van der Waals surface area (Å²) >= 11 is 0. The number of alkyl halides is 3. The Morgan fingerprint density at radius 1 is 1.21 bits per heavy atom. The van der Waals surface area contributed by atoms with Gasteiger partial charge in [0.2, 0.25) is 0 Å². The maximum absolute atomic E-state index is 13.4. The minimum Gasteiger partial charge on any atom is -0.295 e. The molecule has 0 N–H and O–H groups in total. The van der Waals surface area contributed by atoms with Crippen molar-refractivity contribution in [2.24, 2.45) is 17.3 Å². The van der Waals surface area contributed by atoms with Crippen LogP contribution in [0.4, 0.5) is 13.2 Å². The molecule has 2 rings (SSSR count). The normalized spacial score (nSPS) is 20.6. The zero-order chi connectivity index (χ0) is 20.9. The predicted molar refractivity (Wildman–Crippen MR) is 104 cm³/mol. The first-order valence-electron chi connectivity index (χ1n) is 9.56. The summed E-state index contributed by atoms with van der Waals surface area (Å²) in [5, 5.41) is 0. The molecule has 0 bridgehead atoms. The van der Waals surface area contributed by atoms with Gasteiger partial charge in [0.05, 0.1) is 0 Å². The first kappa shape index (κ1) is 22.1. The lowest BCUT2D eigenvalue weighted by molar-refractivity contribution is -0.162. The number of carbonyl (C=O) groups excluding carboxylic acids is 2. The third-order valence-corrected chi connectivity index (χ3v) is 5.51. The molecule has 0 saturated heterocycles. The molecule has 152 valence electrons. The Morgan fingerprint density at radius 2 is 1.86 bits per heavy atom. The minimum absolute atomic E-state index is 0.00733. The number of halogens is 3. The zero-order valence-electron chi connectivity index (χ0n) is 16.6. The van der Waals surface area contributed by atoms with Crippen LogP contribution in [-0.4, -0.2) is 17.7 Å². The van der Waals surface area contributed by atoms with Crippen LogP contribution < -0.4 is 0 Å². The molecule has 28 heavy (non-hydrogen) atoms. The maximum atomic E-state index is 13.4. The average Bonchev–Trinajstić information content (AvgIpc) is 2.60. The molecule has 1 aromatic rings. The Morgan fingerprint density at radius 3 is 2.43 bits per heavy atom. The number of benzene rings is 1. The van der Waals surface area contributed by atoms with E-state index in [1.807, 2.05) is 6.92 Å². The van der Waals surface area contributed by atoms with Gasteiger partial charge in [-0.05, 0) is 37.7 Å². The van der Waals surface area contributed by atoms with E-state index < -0.39 is 24.3 Å². The Balaban J connectivity index is 2.05. The molecule has 2 atom stereocenters. The minimum atomic E-state index is -4.68. The fraction of sp³-hybridized carbons (Fsp3) is 0.478. The van der Waals surface area contributed by atoms with Gasteiger partial charge in [-0.25, -0.2) is 0 Å². The van der Waals surface area contributed by atoms with Gasteiger partial charge in [0.1, 0.15) is 5.92 Å². The summed E-state index contributed by atoms with van der Waals surface area (Å²) in [6.07, 6.45) is 1.79. The van der Waals surface area contributed by atoms with Gasteiger partial charge in [0, 0.05) is 17.9 Å². The van der Waals surface area contributed by atoms with Crippen LogP contribution in [-0.2, 0) is 4.79 Å². The Kier molecular flexibility index (Phi) is 7.02. The van der Waals surface area contributed by atoms with E-state index in [0.717, 1.165) is 12.8 Å². The standard InChI is InChI=1S/C23H27F3O2/c1-16-8-7-15-22(2,3)19(16)13-11-18(27)12-14-20(23(24,25)26)21(28)17-9-5-4-6-10-17/h4-6,8-11,13,19-20H,7,12,14-15H2,1-3H3/b13-11+. The highest BCUT2D eigenvalue weighted by Crippen LogP contribution is 2.41. The van der Waals surface area contributed by atoms with Crippen LogP contribution in [0.3, 0.4) is 0 Å². The molecular formula is C23H27F3O2. The first-order valence-corrected chi connectivity index (χ1v) is 9.56. The van der Waals surface area contributed by atoms with Gasteiger partial charge >= 0.3 is 6.18 Å². The Hall–Kier alpha value is -2.17. The van der Waals surface area contributed by atoms with Crippen molar-refractivity contribution < 1.29 is 22.8 Å². The van der Waals surface area contributed by atoms with Crippen molar-refractivity contribution in [2.45, 2.75) is 52.6 Å². The largest absolute Gasteiger partial charge is 0.398 e. The second-order valence-corrected chi connectivity index (χ2v) is 8.14. The lowest BCUT2D eigenvalue weighted by atomic mass is 9.68.